The van der Waals surface area contributed by atoms with Crippen molar-refractivity contribution in [3.05, 3.63) is 113 Å². The highest BCUT2D eigenvalue weighted by Gasteiger charge is 2.32. The molecular weight excluding hydrogens is 515 g/mol. The second kappa shape index (κ2) is 11.5. The van der Waals surface area contributed by atoms with Gasteiger partial charge in [0.2, 0.25) is 0 Å². The Hall–Kier alpha value is -3.97. The Labute approximate surface area is 241 Å². The second-order valence-electron chi connectivity index (χ2n) is 11.6. The molecule has 6 rings (SSSR count). The maximum absolute atomic E-state index is 14.6. The molecule has 0 spiro atoms. The first-order valence-corrected chi connectivity index (χ1v) is 14.5. The Morgan fingerprint density at radius 1 is 1.10 bits per heavy atom. The Morgan fingerprint density at radius 3 is 2.83 bits per heavy atom. The summed E-state index contributed by atoms with van der Waals surface area (Å²) < 4.78 is 16.7. The molecule has 7 heteroatoms. The fourth-order valence-corrected chi connectivity index (χ4v) is 6.32. The van der Waals surface area contributed by atoms with E-state index in [1.165, 1.54) is 0 Å². The third-order valence-corrected chi connectivity index (χ3v) is 8.49. The minimum Gasteiger partial charge on any atom is -0.508 e. The van der Waals surface area contributed by atoms with Crippen LogP contribution in [0.5, 0.6) is 5.75 Å². The predicted molar refractivity (Wildman–Crippen MR) is 159 cm³/mol. The number of nitrogens with zero attached hydrogens (tertiary/aromatic N) is 4. The zero-order chi connectivity index (χ0) is 28.4. The van der Waals surface area contributed by atoms with E-state index in [2.05, 4.69) is 32.7 Å². The molecule has 2 unspecified atom stereocenters. The van der Waals surface area contributed by atoms with Gasteiger partial charge in [0.15, 0.2) is 0 Å². The van der Waals surface area contributed by atoms with E-state index in [0.29, 0.717) is 45.6 Å². The van der Waals surface area contributed by atoms with Gasteiger partial charge in [-0.1, -0.05) is 54.6 Å². The molecule has 1 fully saturated rings. The number of fused-ring (bicyclic) bond motifs is 1. The third kappa shape index (κ3) is 6.05. The SMILES string of the molecule is CC1(F)C=C(Cn2cncc2CN2CCN(C(=O)c3cccc4c3CCC=C4)CC2Cc2ccccc2O)C=CC1. The normalized spacial score (nSPS) is 22.4. The van der Waals surface area contributed by atoms with Crippen LogP contribution in [-0.2, 0) is 25.9 Å². The minimum absolute atomic E-state index is 0.00621. The molecule has 212 valence electrons. The molecule has 2 atom stereocenters. The summed E-state index contributed by atoms with van der Waals surface area (Å²) >= 11 is 0. The first-order valence-electron chi connectivity index (χ1n) is 14.5. The van der Waals surface area contributed by atoms with E-state index in [-0.39, 0.29) is 17.7 Å². The molecule has 1 aromatic heterocycles. The summed E-state index contributed by atoms with van der Waals surface area (Å²) in [6, 6.07) is 13.5. The van der Waals surface area contributed by atoms with E-state index in [4.69, 9.17) is 0 Å². The number of hydrogen-bond acceptors (Lipinski definition) is 4. The summed E-state index contributed by atoms with van der Waals surface area (Å²) in [6.07, 6.45) is 16.4. The lowest BCUT2D eigenvalue weighted by atomic mass is 9.91. The lowest BCUT2D eigenvalue weighted by molar-refractivity contribution is 0.0450. The number of alkyl halides is 1. The van der Waals surface area contributed by atoms with E-state index in [0.717, 1.165) is 46.4 Å². The molecule has 0 saturated carbocycles. The molecule has 1 saturated heterocycles. The van der Waals surface area contributed by atoms with Gasteiger partial charge in [0, 0.05) is 56.9 Å². The smallest absolute Gasteiger partial charge is 0.254 e. The van der Waals surface area contributed by atoms with Crippen molar-refractivity contribution in [3.63, 3.8) is 0 Å². The Bertz CT molecular complexity index is 1520. The van der Waals surface area contributed by atoms with Gasteiger partial charge in [-0.3, -0.25) is 9.69 Å². The van der Waals surface area contributed by atoms with E-state index in [1.807, 2.05) is 53.6 Å². The first kappa shape index (κ1) is 27.2. The third-order valence-electron chi connectivity index (χ3n) is 8.49. The van der Waals surface area contributed by atoms with E-state index >= 15 is 0 Å². The molecule has 1 amide bonds. The van der Waals surface area contributed by atoms with Gasteiger partial charge in [0.25, 0.3) is 5.91 Å². The van der Waals surface area contributed by atoms with Gasteiger partial charge in [-0.2, -0.15) is 0 Å². The molecule has 2 aromatic carbocycles. The topological polar surface area (TPSA) is 61.6 Å². The van der Waals surface area contributed by atoms with Gasteiger partial charge in [-0.15, -0.1) is 0 Å². The summed E-state index contributed by atoms with van der Waals surface area (Å²) in [5, 5.41) is 10.6. The highest BCUT2D eigenvalue weighted by Crippen LogP contribution is 2.28. The molecule has 41 heavy (non-hydrogen) atoms. The van der Waals surface area contributed by atoms with Crippen LogP contribution in [0.3, 0.4) is 0 Å². The molecule has 2 heterocycles. The van der Waals surface area contributed by atoms with Crippen LogP contribution in [0.4, 0.5) is 4.39 Å². The lowest BCUT2D eigenvalue weighted by Crippen LogP contribution is -2.55. The van der Waals surface area contributed by atoms with Crippen molar-refractivity contribution in [1.82, 2.24) is 19.4 Å². The van der Waals surface area contributed by atoms with Crippen LogP contribution >= 0.6 is 0 Å². The highest BCUT2D eigenvalue weighted by molar-refractivity contribution is 5.97. The molecule has 0 bridgehead atoms. The number of rotatable bonds is 7. The van der Waals surface area contributed by atoms with Crippen LogP contribution in [-0.4, -0.2) is 61.7 Å². The lowest BCUT2D eigenvalue weighted by Gasteiger charge is -2.42. The number of phenolic OH excluding ortho intramolecular Hbond substituents is 1. The van der Waals surface area contributed by atoms with Crippen molar-refractivity contribution in [2.75, 3.05) is 19.6 Å². The highest BCUT2D eigenvalue weighted by atomic mass is 19.1. The van der Waals surface area contributed by atoms with Crippen molar-refractivity contribution < 1.29 is 14.3 Å². The molecule has 6 nitrogen and oxygen atoms in total. The number of allylic oxidation sites excluding steroid dienone is 5. The number of carbonyl (C=O) groups excluding carboxylic acids is 1. The number of imidazole rings is 1. The molecular formula is C34H37FN4O2. The van der Waals surface area contributed by atoms with Gasteiger partial charge in [-0.25, -0.2) is 9.37 Å². The number of carbonyl (C=O) groups is 1. The number of phenols is 1. The van der Waals surface area contributed by atoms with Crippen LogP contribution in [0, 0.1) is 0 Å². The van der Waals surface area contributed by atoms with Gasteiger partial charge in [-0.05, 0) is 66.7 Å². The number of amides is 1. The van der Waals surface area contributed by atoms with E-state index < -0.39 is 5.67 Å². The molecule has 0 radical (unpaired) electrons. The number of halogens is 1. The minimum atomic E-state index is -1.33. The molecule has 1 N–H and O–H groups in total. The number of benzene rings is 2. The van der Waals surface area contributed by atoms with Gasteiger partial charge in [0.1, 0.15) is 11.4 Å². The van der Waals surface area contributed by atoms with Crippen LogP contribution in [0.2, 0.25) is 0 Å². The van der Waals surface area contributed by atoms with E-state index in [9.17, 15) is 14.3 Å². The second-order valence-corrected chi connectivity index (χ2v) is 11.6. The molecule has 3 aliphatic rings. The fourth-order valence-electron chi connectivity index (χ4n) is 6.32. The first-order chi connectivity index (χ1) is 19.9. The van der Waals surface area contributed by atoms with E-state index in [1.54, 1.807) is 25.4 Å². The quantitative estimate of drug-likeness (QED) is 0.407. The van der Waals surface area contributed by atoms with Gasteiger partial charge in [0.05, 0.1) is 12.0 Å². The van der Waals surface area contributed by atoms with Crippen LogP contribution < -0.4 is 0 Å². The summed E-state index contributed by atoms with van der Waals surface area (Å²) in [7, 11) is 0. The predicted octanol–water partition coefficient (Wildman–Crippen LogP) is 5.73. The maximum atomic E-state index is 14.6. The average Bonchev–Trinajstić information content (AvgIpc) is 3.40. The Kier molecular flexibility index (Phi) is 7.63. The number of piperazine rings is 1. The fraction of sp³-hybridized carbons (Fsp3) is 0.353. The molecule has 3 aromatic rings. The van der Waals surface area contributed by atoms with Crippen molar-refractivity contribution in [1.29, 1.82) is 0 Å². The van der Waals surface area contributed by atoms with Crippen LogP contribution in [0.25, 0.3) is 6.08 Å². The van der Waals surface area contributed by atoms with Crippen molar-refractivity contribution in [2.45, 2.75) is 57.4 Å². The summed E-state index contributed by atoms with van der Waals surface area (Å²) in [6.45, 7) is 4.71. The number of aromatic hydroxyl groups is 1. The zero-order valence-electron chi connectivity index (χ0n) is 23.5. The molecule has 1 aliphatic heterocycles. The largest absolute Gasteiger partial charge is 0.508 e. The van der Waals surface area contributed by atoms with Crippen LogP contribution in [0.1, 0.15) is 52.5 Å². The van der Waals surface area contributed by atoms with Crippen molar-refractivity contribution in [2.24, 2.45) is 0 Å². The monoisotopic (exact) mass is 552 g/mol. The van der Waals surface area contributed by atoms with Crippen molar-refractivity contribution >= 4 is 12.0 Å². The van der Waals surface area contributed by atoms with Gasteiger partial charge >= 0.3 is 0 Å². The Morgan fingerprint density at radius 2 is 1.98 bits per heavy atom. The van der Waals surface area contributed by atoms with Crippen LogP contribution in [0.15, 0.2) is 84.9 Å². The average molecular weight is 553 g/mol. The summed E-state index contributed by atoms with van der Waals surface area (Å²) in [5.74, 6) is 0.351. The van der Waals surface area contributed by atoms with Gasteiger partial charge < -0.3 is 14.6 Å². The zero-order valence-corrected chi connectivity index (χ0v) is 23.5. The number of hydrogen-bond donors (Lipinski definition) is 1. The maximum Gasteiger partial charge on any atom is 0.254 e. The summed E-state index contributed by atoms with van der Waals surface area (Å²) in [5.41, 5.74) is 4.58. The number of aromatic nitrogens is 2. The molecule has 2 aliphatic carbocycles. The number of para-hydroxylation sites is 1. The Balaban J connectivity index is 1.23. The van der Waals surface area contributed by atoms with Crippen molar-refractivity contribution in [3.8, 4) is 5.75 Å². The standard InChI is InChI=1S/C34H37FN4O2/c1-34(35)15-7-8-25(19-34)21-39-24-36-20-29(39)23-37-16-17-38(22-28(37)18-27-10-3-5-14-32(27)40)33(41)31-13-6-11-26-9-2-4-12-30(26)31/h2-3,5-11,13-14,19-20,24,28,40H,4,12,15-18,21-23H2,1H3. The summed E-state index contributed by atoms with van der Waals surface area (Å²) in [4.78, 5) is 22.6.